The van der Waals surface area contributed by atoms with Crippen LogP contribution in [0, 0.1) is 3.57 Å². The lowest BCUT2D eigenvalue weighted by atomic mass is 10.1. The van der Waals surface area contributed by atoms with E-state index in [0.29, 0.717) is 30.9 Å². The van der Waals surface area contributed by atoms with Gasteiger partial charge in [0.15, 0.2) is 0 Å². The minimum atomic E-state index is -0.242. The number of carbonyl (C=O) groups excluding carboxylic acids is 2. The lowest BCUT2D eigenvalue weighted by Gasteiger charge is -2.13. The van der Waals surface area contributed by atoms with Gasteiger partial charge in [-0.25, -0.2) is 0 Å². The Morgan fingerprint density at radius 3 is 2.63 bits per heavy atom. The van der Waals surface area contributed by atoms with Crippen molar-refractivity contribution in [1.29, 1.82) is 0 Å². The molecule has 0 saturated heterocycles. The topological polar surface area (TPSA) is 55.8 Å². The highest BCUT2D eigenvalue weighted by molar-refractivity contribution is 14.1. The fraction of sp³-hybridized carbons (Fsp3) is 0.385. The first-order valence-corrected chi connectivity index (χ1v) is 6.96. The summed E-state index contributed by atoms with van der Waals surface area (Å²) in [7, 11) is 1.59. The van der Waals surface area contributed by atoms with Gasteiger partial charge in [-0.1, -0.05) is 6.07 Å². The van der Waals surface area contributed by atoms with Gasteiger partial charge < -0.3 is 9.47 Å². The van der Waals surface area contributed by atoms with Crippen LogP contribution in [0.2, 0.25) is 0 Å². The molecule has 102 valence electrons. The molecular weight excluding hydrogens is 361 g/mol. The van der Waals surface area contributed by atoms with E-state index in [1.54, 1.807) is 19.2 Å². The summed E-state index contributed by atoms with van der Waals surface area (Å²) in [5, 5.41) is 0. The van der Waals surface area contributed by atoms with Gasteiger partial charge in [-0.15, -0.1) is 0 Å². The largest absolute Gasteiger partial charge is 0.382 e. The molecule has 1 aromatic carbocycles. The highest BCUT2D eigenvalue weighted by Gasteiger charge is 2.36. The van der Waals surface area contributed by atoms with Crippen LogP contribution in [0.5, 0.6) is 0 Å². The molecule has 0 aromatic heterocycles. The van der Waals surface area contributed by atoms with E-state index in [1.165, 1.54) is 4.90 Å². The van der Waals surface area contributed by atoms with Gasteiger partial charge in [0.1, 0.15) is 0 Å². The molecule has 1 aromatic rings. The van der Waals surface area contributed by atoms with Gasteiger partial charge in [0.2, 0.25) is 0 Å². The first kappa shape index (κ1) is 14.4. The minimum absolute atomic E-state index is 0.236. The third-order valence-corrected chi connectivity index (χ3v) is 3.74. The SMILES string of the molecule is COCCOCCN1C(=O)c2cccc(I)c2C1=O. The second kappa shape index (κ2) is 6.44. The van der Waals surface area contributed by atoms with Crippen molar-refractivity contribution in [2.24, 2.45) is 0 Å². The Morgan fingerprint density at radius 1 is 1.16 bits per heavy atom. The first-order valence-electron chi connectivity index (χ1n) is 5.88. The summed E-state index contributed by atoms with van der Waals surface area (Å²) in [6.07, 6.45) is 0. The smallest absolute Gasteiger partial charge is 0.262 e. The lowest BCUT2D eigenvalue weighted by molar-refractivity contribution is 0.0459. The van der Waals surface area contributed by atoms with E-state index < -0.39 is 0 Å². The second-order valence-electron chi connectivity index (χ2n) is 4.03. The average molecular weight is 375 g/mol. The third-order valence-electron chi connectivity index (χ3n) is 2.84. The molecule has 0 saturated carbocycles. The lowest BCUT2D eigenvalue weighted by Crippen LogP contribution is -2.33. The number of halogens is 1. The Labute approximate surface area is 125 Å². The molecule has 5 nitrogen and oxygen atoms in total. The Morgan fingerprint density at radius 2 is 1.95 bits per heavy atom. The van der Waals surface area contributed by atoms with E-state index in [1.807, 2.05) is 6.07 Å². The fourth-order valence-corrected chi connectivity index (χ4v) is 2.62. The molecule has 0 unspecified atom stereocenters. The second-order valence-corrected chi connectivity index (χ2v) is 5.19. The monoisotopic (exact) mass is 375 g/mol. The Kier molecular flexibility index (Phi) is 4.89. The molecule has 0 fully saturated rings. The highest BCUT2D eigenvalue weighted by Crippen LogP contribution is 2.26. The van der Waals surface area contributed by atoms with E-state index in [2.05, 4.69) is 22.6 Å². The zero-order valence-electron chi connectivity index (χ0n) is 10.5. The van der Waals surface area contributed by atoms with Crippen molar-refractivity contribution in [3.8, 4) is 0 Å². The summed E-state index contributed by atoms with van der Waals surface area (Å²) in [6, 6.07) is 5.29. The van der Waals surface area contributed by atoms with Crippen molar-refractivity contribution in [3.05, 3.63) is 32.9 Å². The Bertz CT molecular complexity index is 503. The number of carbonyl (C=O) groups is 2. The molecule has 0 bridgehead atoms. The molecule has 0 spiro atoms. The Hall–Kier alpha value is -0.990. The van der Waals surface area contributed by atoms with Crippen molar-refractivity contribution in [1.82, 2.24) is 4.90 Å². The van der Waals surface area contributed by atoms with Gasteiger partial charge in [0.25, 0.3) is 11.8 Å². The van der Waals surface area contributed by atoms with Crippen LogP contribution in [-0.4, -0.2) is 50.2 Å². The molecule has 1 aliphatic rings. The van der Waals surface area contributed by atoms with E-state index >= 15 is 0 Å². The average Bonchev–Trinajstić information content (AvgIpc) is 2.64. The highest BCUT2D eigenvalue weighted by atomic mass is 127. The molecule has 0 radical (unpaired) electrons. The van der Waals surface area contributed by atoms with Crippen molar-refractivity contribution < 1.29 is 19.1 Å². The fourth-order valence-electron chi connectivity index (χ4n) is 1.90. The van der Waals surface area contributed by atoms with Crippen LogP contribution in [0.15, 0.2) is 18.2 Å². The van der Waals surface area contributed by atoms with Crippen molar-refractivity contribution in [3.63, 3.8) is 0 Å². The number of amides is 2. The van der Waals surface area contributed by atoms with Gasteiger partial charge >= 0.3 is 0 Å². The molecule has 1 heterocycles. The van der Waals surface area contributed by atoms with Crippen molar-refractivity contribution in [2.75, 3.05) is 33.5 Å². The number of imide groups is 1. The predicted octanol–water partition coefficient (Wildman–Crippen LogP) is 1.55. The number of hydrogen-bond donors (Lipinski definition) is 0. The normalized spacial score (nSPS) is 14.1. The van der Waals surface area contributed by atoms with Gasteiger partial charge in [-0.05, 0) is 34.7 Å². The summed E-state index contributed by atoms with van der Waals surface area (Å²) < 4.78 is 10.9. The zero-order chi connectivity index (χ0) is 13.8. The van der Waals surface area contributed by atoms with Gasteiger partial charge in [0, 0.05) is 10.7 Å². The maximum Gasteiger partial charge on any atom is 0.262 e. The first-order chi connectivity index (χ1) is 9.16. The molecule has 2 rings (SSSR count). The third kappa shape index (κ3) is 2.96. The standard InChI is InChI=1S/C13H14INO4/c1-18-7-8-19-6-5-15-12(16)9-3-2-4-10(14)11(9)13(15)17/h2-4H,5-8H2,1H3. The summed E-state index contributed by atoms with van der Waals surface area (Å²) in [5.74, 6) is -0.478. The maximum absolute atomic E-state index is 12.2. The summed E-state index contributed by atoms with van der Waals surface area (Å²) >= 11 is 2.07. The number of ether oxygens (including phenoxy) is 2. The quantitative estimate of drug-likeness (QED) is 0.430. The van der Waals surface area contributed by atoms with Crippen LogP contribution in [0.4, 0.5) is 0 Å². The summed E-state index contributed by atoms with van der Waals surface area (Å²) in [6.45, 7) is 1.55. The molecule has 0 aliphatic carbocycles. The molecule has 0 N–H and O–H groups in total. The zero-order valence-corrected chi connectivity index (χ0v) is 12.7. The summed E-state index contributed by atoms with van der Waals surface area (Å²) in [4.78, 5) is 25.5. The minimum Gasteiger partial charge on any atom is -0.382 e. The van der Waals surface area contributed by atoms with Crippen LogP contribution in [0.25, 0.3) is 0 Å². The molecule has 0 atom stereocenters. The van der Waals surface area contributed by atoms with E-state index in [4.69, 9.17) is 9.47 Å². The van der Waals surface area contributed by atoms with Crippen LogP contribution < -0.4 is 0 Å². The van der Waals surface area contributed by atoms with Gasteiger partial charge in [0.05, 0.1) is 37.5 Å². The molecule has 2 amide bonds. The molecule has 1 aliphatic heterocycles. The Balaban J connectivity index is 2.00. The number of fused-ring (bicyclic) bond motifs is 1. The van der Waals surface area contributed by atoms with Gasteiger partial charge in [-0.2, -0.15) is 0 Å². The number of nitrogens with zero attached hydrogens (tertiary/aromatic N) is 1. The number of benzene rings is 1. The number of hydrogen-bond acceptors (Lipinski definition) is 4. The van der Waals surface area contributed by atoms with Crippen LogP contribution in [0.1, 0.15) is 20.7 Å². The van der Waals surface area contributed by atoms with Crippen molar-refractivity contribution >= 4 is 34.4 Å². The summed E-state index contributed by atoms with van der Waals surface area (Å²) in [5.41, 5.74) is 0.985. The number of rotatable bonds is 6. The number of methoxy groups -OCH3 is 1. The van der Waals surface area contributed by atoms with Crippen LogP contribution in [-0.2, 0) is 9.47 Å². The molecular formula is C13H14INO4. The van der Waals surface area contributed by atoms with Crippen molar-refractivity contribution in [2.45, 2.75) is 0 Å². The molecule has 19 heavy (non-hydrogen) atoms. The van der Waals surface area contributed by atoms with E-state index in [-0.39, 0.29) is 18.4 Å². The maximum atomic E-state index is 12.2. The van der Waals surface area contributed by atoms with E-state index in [0.717, 1.165) is 3.57 Å². The molecule has 6 heteroatoms. The van der Waals surface area contributed by atoms with Crippen LogP contribution in [0.3, 0.4) is 0 Å². The van der Waals surface area contributed by atoms with Crippen LogP contribution >= 0.6 is 22.6 Å². The predicted molar refractivity (Wildman–Crippen MR) is 77.2 cm³/mol. The van der Waals surface area contributed by atoms with Gasteiger partial charge in [-0.3, -0.25) is 14.5 Å². The van der Waals surface area contributed by atoms with E-state index in [9.17, 15) is 9.59 Å².